The van der Waals surface area contributed by atoms with Crippen molar-refractivity contribution in [3.05, 3.63) is 32.3 Å². The summed E-state index contributed by atoms with van der Waals surface area (Å²) in [4.78, 5) is 10.0. The lowest BCUT2D eigenvalue weighted by Crippen LogP contribution is -2.07. The van der Waals surface area contributed by atoms with Crippen LogP contribution in [0.5, 0.6) is 0 Å². The van der Waals surface area contributed by atoms with E-state index in [-0.39, 0.29) is 15.7 Å². The third kappa shape index (κ3) is 4.44. The van der Waals surface area contributed by atoms with Crippen LogP contribution in [-0.2, 0) is 10.8 Å². The van der Waals surface area contributed by atoms with Gasteiger partial charge in [-0.3, -0.25) is 14.3 Å². The van der Waals surface area contributed by atoms with Gasteiger partial charge in [-0.15, -0.1) is 0 Å². The van der Waals surface area contributed by atoms with E-state index in [2.05, 4.69) is 5.32 Å². The van der Waals surface area contributed by atoms with Gasteiger partial charge in [-0.05, 0) is 6.42 Å². The van der Waals surface area contributed by atoms with Crippen LogP contribution in [0.4, 0.5) is 11.4 Å². The largest absolute Gasteiger partial charge is 0.383 e. The van der Waals surface area contributed by atoms with E-state index in [0.717, 1.165) is 0 Å². The van der Waals surface area contributed by atoms with Crippen molar-refractivity contribution in [3.63, 3.8) is 0 Å². The number of nitrogens with one attached hydrogen (secondary N) is 1. The van der Waals surface area contributed by atoms with E-state index in [1.165, 1.54) is 12.1 Å². The van der Waals surface area contributed by atoms with Gasteiger partial charge in [0.15, 0.2) is 0 Å². The number of non-ortho nitro benzene ring substituents is 1. The highest BCUT2D eigenvalue weighted by molar-refractivity contribution is 7.84. The fourth-order valence-corrected chi connectivity index (χ4v) is 2.48. The second-order valence-corrected chi connectivity index (χ2v) is 5.97. The summed E-state index contributed by atoms with van der Waals surface area (Å²) < 4.78 is 10.9. The number of nitro benzene ring substituents is 1. The van der Waals surface area contributed by atoms with Gasteiger partial charge >= 0.3 is 0 Å². The molecule has 18 heavy (non-hydrogen) atoms. The molecular weight excluding hydrogens is 299 g/mol. The predicted octanol–water partition coefficient (Wildman–Crippen LogP) is 3.08. The number of anilines is 1. The maximum absolute atomic E-state index is 10.9. The Morgan fingerprint density at radius 1 is 1.39 bits per heavy atom. The van der Waals surface area contributed by atoms with Crippen LogP contribution in [0.15, 0.2) is 12.1 Å². The van der Waals surface area contributed by atoms with Crippen molar-refractivity contribution in [1.29, 1.82) is 0 Å². The molecule has 0 fully saturated rings. The number of benzene rings is 1. The highest BCUT2D eigenvalue weighted by Crippen LogP contribution is 2.34. The van der Waals surface area contributed by atoms with Gasteiger partial charge in [0.05, 0.1) is 20.7 Å². The average molecular weight is 311 g/mol. The summed E-state index contributed by atoms with van der Waals surface area (Å²) in [5, 5.41) is 14.0. The smallest absolute Gasteiger partial charge is 0.272 e. The molecule has 100 valence electrons. The SMILES string of the molecule is CS(=O)CCCNc1c(Cl)cc([N+](=O)[O-])cc1Cl. The fraction of sp³-hybridized carbons (Fsp3) is 0.400. The molecule has 0 radical (unpaired) electrons. The van der Waals surface area contributed by atoms with Gasteiger partial charge in [0.1, 0.15) is 0 Å². The molecular formula is C10H12Cl2N2O3S. The van der Waals surface area contributed by atoms with E-state index in [1.807, 2.05) is 0 Å². The minimum atomic E-state index is -0.839. The number of hydrogen-bond donors (Lipinski definition) is 1. The average Bonchev–Trinajstić information content (AvgIpc) is 2.26. The summed E-state index contributed by atoms with van der Waals surface area (Å²) in [6.45, 7) is 0.552. The molecule has 0 saturated carbocycles. The van der Waals surface area contributed by atoms with E-state index in [4.69, 9.17) is 23.2 Å². The molecule has 8 heteroatoms. The molecule has 5 nitrogen and oxygen atoms in total. The highest BCUT2D eigenvalue weighted by Gasteiger charge is 2.14. The fourth-order valence-electron chi connectivity index (χ4n) is 1.32. The van der Waals surface area contributed by atoms with Crippen LogP contribution in [0.1, 0.15) is 6.42 Å². The van der Waals surface area contributed by atoms with E-state index >= 15 is 0 Å². The molecule has 1 unspecified atom stereocenters. The number of rotatable bonds is 6. The Hall–Kier alpha value is -0.850. The van der Waals surface area contributed by atoms with Gasteiger partial charge in [0.25, 0.3) is 5.69 Å². The number of nitro groups is 1. The van der Waals surface area contributed by atoms with Crippen LogP contribution in [0.2, 0.25) is 10.0 Å². The second-order valence-electron chi connectivity index (χ2n) is 3.60. The lowest BCUT2D eigenvalue weighted by molar-refractivity contribution is -0.384. The number of nitrogens with zero attached hydrogens (tertiary/aromatic N) is 1. The summed E-state index contributed by atoms with van der Waals surface area (Å²) >= 11 is 11.8. The zero-order valence-corrected chi connectivity index (χ0v) is 11.9. The first-order chi connectivity index (χ1) is 8.41. The summed E-state index contributed by atoms with van der Waals surface area (Å²) in [5.41, 5.74) is 0.316. The minimum Gasteiger partial charge on any atom is -0.383 e. The Kier molecular flexibility index (Phi) is 5.84. The summed E-state index contributed by atoms with van der Waals surface area (Å²) in [6, 6.07) is 2.49. The van der Waals surface area contributed by atoms with Crippen LogP contribution in [-0.4, -0.2) is 27.7 Å². The van der Waals surface area contributed by atoms with E-state index in [9.17, 15) is 14.3 Å². The zero-order chi connectivity index (χ0) is 13.7. The molecule has 0 aliphatic heterocycles. The monoisotopic (exact) mass is 310 g/mol. The van der Waals surface area contributed by atoms with Crippen LogP contribution in [0.3, 0.4) is 0 Å². The first-order valence-electron chi connectivity index (χ1n) is 5.09. The van der Waals surface area contributed by atoms with Gasteiger partial charge in [0.2, 0.25) is 0 Å². The second kappa shape index (κ2) is 6.92. The van der Waals surface area contributed by atoms with Crippen molar-refractivity contribution >= 4 is 45.4 Å². The summed E-state index contributed by atoms with van der Waals surface area (Å²) in [6.07, 6.45) is 2.33. The molecule has 0 saturated heterocycles. The maximum atomic E-state index is 10.9. The third-order valence-electron chi connectivity index (χ3n) is 2.15. The van der Waals surface area contributed by atoms with Gasteiger partial charge in [0, 0.05) is 41.5 Å². The standard InChI is InChI=1S/C10H12Cl2N2O3S/c1-18(17)4-2-3-13-10-8(11)5-7(14(15)16)6-9(10)12/h5-6,13H,2-4H2,1H3. The molecule has 0 spiro atoms. The van der Waals surface area contributed by atoms with Crippen LogP contribution in [0.25, 0.3) is 0 Å². The lowest BCUT2D eigenvalue weighted by Gasteiger charge is -2.09. The Morgan fingerprint density at radius 3 is 2.39 bits per heavy atom. The normalized spacial score (nSPS) is 12.2. The van der Waals surface area contributed by atoms with Gasteiger partial charge in [-0.25, -0.2) is 0 Å². The van der Waals surface area contributed by atoms with Gasteiger partial charge < -0.3 is 5.32 Å². The Morgan fingerprint density at radius 2 is 1.94 bits per heavy atom. The Labute approximate surface area is 117 Å². The molecule has 0 aromatic heterocycles. The quantitative estimate of drug-likeness (QED) is 0.498. The van der Waals surface area contributed by atoms with Crippen LogP contribution < -0.4 is 5.32 Å². The van der Waals surface area contributed by atoms with Crippen molar-refractivity contribution in [2.45, 2.75) is 6.42 Å². The van der Waals surface area contributed by atoms with Crippen LogP contribution in [0, 0.1) is 10.1 Å². The van der Waals surface area contributed by atoms with Gasteiger partial charge in [-0.1, -0.05) is 23.2 Å². The molecule has 0 aliphatic carbocycles. The zero-order valence-electron chi connectivity index (χ0n) is 9.61. The molecule has 0 aliphatic rings. The topological polar surface area (TPSA) is 72.2 Å². The van der Waals surface area contributed by atoms with E-state index < -0.39 is 15.7 Å². The molecule has 0 heterocycles. The van der Waals surface area contributed by atoms with Gasteiger partial charge in [-0.2, -0.15) is 0 Å². The lowest BCUT2D eigenvalue weighted by atomic mass is 10.2. The maximum Gasteiger partial charge on any atom is 0.272 e. The first-order valence-corrected chi connectivity index (χ1v) is 7.57. The number of hydrogen-bond acceptors (Lipinski definition) is 4. The predicted molar refractivity (Wildman–Crippen MR) is 75.2 cm³/mol. The molecule has 1 rings (SSSR count). The molecule has 1 aromatic rings. The summed E-state index contributed by atoms with van der Waals surface area (Å²) in [7, 11) is -0.839. The van der Waals surface area contributed by atoms with E-state index in [1.54, 1.807) is 6.26 Å². The van der Waals surface area contributed by atoms with Crippen LogP contribution >= 0.6 is 23.2 Å². The van der Waals surface area contributed by atoms with Crippen molar-refractivity contribution in [2.24, 2.45) is 0 Å². The van der Waals surface area contributed by atoms with Crippen molar-refractivity contribution in [2.75, 3.05) is 23.9 Å². The highest BCUT2D eigenvalue weighted by atomic mass is 35.5. The van der Waals surface area contributed by atoms with Crippen molar-refractivity contribution in [3.8, 4) is 0 Å². The molecule has 0 bridgehead atoms. The minimum absolute atomic E-state index is 0.148. The van der Waals surface area contributed by atoms with Crippen molar-refractivity contribution in [1.82, 2.24) is 0 Å². The number of halogens is 2. The Balaban J connectivity index is 2.72. The third-order valence-corrected chi connectivity index (χ3v) is 3.61. The van der Waals surface area contributed by atoms with E-state index in [0.29, 0.717) is 24.4 Å². The molecule has 1 N–H and O–H groups in total. The summed E-state index contributed by atoms with van der Waals surface area (Å²) in [5.74, 6) is 0.579. The van der Waals surface area contributed by atoms with Crippen molar-refractivity contribution < 1.29 is 9.13 Å². The first kappa shape index (κ1) is 15.2. The Bertz CT molecular complexity index is 459. The molecule has 1 atom stereocenters. The molecule has 0 amide bonds. The molecule has 1 aromatic carbocycles.